The predicted molar refractivity (Wildman–Crippen MR) is 254 cm³/mol. The molecule has 4 heterocycles. The summed E-state index contributed by atoms with van der Waals surface area (Å²) in [5, 5.41) is 3.21. The number of furan rings is 1. The predicted octanol–water partition coefficient (Wildman–Crippen LogP) is 14.6. The molecule has 0 spiro atoms. The van der Waals surface area contributed by atoms with Crippen LogP contribution in [-0.4, -0.2) is 24.9 Å². The van der Waals surface area contributed by atoms with E-state index in [0.29, 0.717) is 23.3 Å². The second-order valence-corrected chi connectivity index (χ2v) is 16.3. The maximum atomic E-state index is 6.75. The minimum atomic E-state index is 0.584. The van der Waals surface area contributed by atoms with E-state index in [0.717, 1.165) is 87.7 Å². The van der Waals surface area contributed by atoms with Gasteiger partial charge in [-0.3, -0.25) is 0 Å². The van der Waals surface area contributed by atoms with Crippen molar-refractivity contribution in [1.29, 1.82) is 0 Å². The van der Waals surface area contributed by atoms with Gasteiger partial charge in [-0.05, 0) is 34.9 Å². The number of hydrogen-bond donors (Lipinski definition) is 0. The summed E-state index contributed by atoms with van der Waals surface area (Å²) in [4.78, 5) is 25.2. The third-order valence-corrected chi connectivity index (χ3v) is 12.6. The largest absolute Gasteiger partial charge is 0.455 e. The van der Waals surface area contributed by atoms with E-state index in [9.17, 15) is 0 Å². The first-order valence-electron chi connectivity index (χ1n) is 20.5. The third-order valence-electron chi connectivity index (χ3n) is 11.4. The van der Waals surface area contributed by atoms with Crippen molar-refractivity contribution in [2.75, 3.05) is 0 Å². The molecule has 6 nitrogen and oxygen atoms in total. The summed E-state index contributed by atoms with van der Waals surface area (Å²) < 4.78 is 9.01. The van der Waals surface area contributed by atoms with Crippen LogP contribution in [0.5, 0.6) is 0 Å². The monoisotopic (exact) mass is 811 g/mol. The van der Waals surface area contributed by atoms with Crippen LogP contribution in [0.1, 0.15) is 0 Å². The van der Waals surface area contributed by atoms with Crippen LogP contribution < -0.4 is 0 Å². The quantitative estimate of drug-likeness (QED) is 0.160. The molecule has 0 aliphatic rings. The molecule has 62 heavy (non-hydrogen) atoms. The summed E-state index contributed by atoms with van der Waals surface area (Å²) >= 11 is 1.74. The maximum absolute atomic E-state index is 6.75. The second kappa shape index (κ2) is 14.9. The van der Waals surface area contributed by atoms with E-state index >= 15 is 0 Å². The van der Waals surface area contributed by atoms with Gasteiger partial charge < -0.3 is 4.42 Å². The molecular weight excluding hydrogens is 779 g/mol. The number of fused-ring (bicyclic) bond motifs is 6. The van der Waals surface area contributed by atoms with Gasteiger partial charge in [0, 0.05) is 54.2 Å². The van der Waals surface area contributed by atoms with Gasteiger partial charge >= 0.3 is 0 Å². The fourth-order valence-corrected chi connectivity index (χ4v) is 9.42. The highest BCUT2D eigenvalue weighted by Gasteiger charge is 2.19. The Morgan fingerprint density at radius 1 is 0.339 bits per heavy atom. The minimum absolute atomic E-state index is 0.584. The average Bonchev–Trinajstić information content (AvgIpc) is 3.93. The van der Waals surface area contributed by atoms with E-state index in [1.165, 1.54) is 10.3 Å². The summed E-state index contributed by atoms with van der Waals surface area (Å²) in [5.41, 5.74) is 12.6. The van der Waals surface area contributed by atoms with E-state index in [1.54, 1.807) is 11.3 Å². The lowest BCUT2D eigenvalue weighted by molar-refractivity contribution is 0.670. The van der Waals surface area contributed by atoms with Gasteiger partial charge in [-0.1, -0.05) is 182 Å². The van der Waals surface area contributed by atoms with Crippen molar-refractivity contribution in [3.05, 3.63) is 200 Å². The van der Waals surface area contributed by atoms with Gasteiger partial charge in [-0.2, -0.15) is 0 Å². The normalized spacial score (nSPS) is 11.5. The number of benzene rings is 8. The van der Waals surface area contributed by atoms with Crippen molar-refractivity contribution in [2.45, 2.75) is 0 Å². The smallest absolute Gasteiger partial charge is 0.164 e. The Hall–Kier alpha value is -8.13. The molecule has 7 heteroatoms. The molecule has 12 rings (SSSR count). The topological polar surface area (TPSA) is 77.6 Å². The number of thiophene rings is 1. The maximum Gasteiger partial charge on any atom is 0.164 e. The van der Waals surface area contributed by atoms with Gasteiger partial charge in [0.25, 0.3) is 0 Å². The van der Waals surface area contributed by atoms with Crippen LogP contribution in [0.15, 0.2) is 205 Å². The molecule has 12 aromatic rings. The Kier molecular flexibility index (Phi) is 8.57. The van der Waals surface area contributed by atoms with Crippen LogP contribution >= 0.6 is 11.3 Å². The zero-order valence-electron chi connectivity index (χ0n) is 33.1. The molecule has 0 radical (unpaired) electrons. The van der Waals surface area contributed by atoms with Crippen molar-refractivity contribution in [3.8, 4) is 79.1 Å². The molecule has 0 N–H and O–H groups in total. The number of hydrogen-bond acceptors (Lipinski definition) is 7. The summed E-state index contributed by atoms with van der Waals surface area (Å²) in [6.45, 7) is 0. The highest BCUT2D eigenvalue weighted by molar-refractivity contribution is 7.26. The zero-order valence-corrected chi connectivity index (χ0v) is 33.9. The van der Waals surface area contributed by atoms with Gasteiger partial charge in [0.15, 0.2) is 23.3 Å². The molecule has 0 unspecified atom stereocenters. The van der Waals surface area contributed by atoms with Gasteiger partial charge in [0.1, 0.15) is 11.2 Å². The van der Waals surface area contributed by atoms with Crippen LogP contribution in [-0.2, 0) is 0 Å². The molecule has 290 valence electrons. The van der Waals surface area contributed by atoms with Crippen LogP contribution in [0.3, 0.4) is 0 Å². The lowest BCUT2D eigenvalue weighted by atomic mass is 10.00. The zero-order chi connectivity index (χ0) is 41.0. The molecule has 0 aliphatic heterocycles. The van der Waals surface area contributed by atoms with Crippen molar-refractivity contribution < 1.29 is 4.42 Å². The first kappa shape index (κ1) is 35.8. The van der Waals surface area contributed by atoms with E-state index in [1.807, 2.05) is 72.8 Å². The van der Waals surface area contributed by atoms with Crippen molar-refractivity contribution in [2.24, 2.45) is 0 Å². The molecule has 0 fully saturated rings. The molecular formula is C55H33N5OS. The summed E-state index contributed by atoms with van der Waals surface area (Å²) in [7, 11) is 0. The Morgan fingerprint density at radius 2 is 0.839 bits per heavy atom. The lowest BCUT2D eigenvalue weighted by Gasteiger charge is -2.09. The highest BCUT2D eigenvalue weighted by Crippen LogP contribution is 2.42. The van der Waals surface area contributed by atoms with E-state index in [2.05, 4.69) is 127 Å². The second-order valence-electron chi connectivity index (χ2n) is 15.2. The lowest BCUT2D eigenvalue weighted by Crippen LogP contribution is -2.00. The number of rotatable bonds is 7. The van der Waals surface area contributed by atoms with Crippen LogP contribution in [0.25, 0.3) is 121 Å². The highest BCUT2D eigenvalue weighted by atomic mass is 32.1. The molecule has 0 saturated heterocycles. The molecule has 0 atom stereocenters. The SMILES string of the molecule is c1ccc(-c2ccc(-c3nc(-c4ccc(-c5cccc6c5oc5cc(-c7nc(-c8ccccc8)nc(-c8ccccc8)n7)ccc56)cc4)c4sc5ccccc5c4n3)cc2)cc1. The van der Waals surface area contributed by atoms with Crippen molar-refractivity contribution in [1.82, 2.24) is 24.9 Å². The number of nitrogens with zero attached hydrogens (tertiary/aromatic N) is 5. The van der Waals surface area contributed by atoms with E-state index < -0.39 is 0 Å². The first-order valence-corrected chi connectivity index (χ1v) is 21.3. The molecule has 0 aliphatic carbocycles. The van der Waals surface area contributed by atoms with Gasteiger partial charge in [0.2, 0.25) is 0 Å². The summed E-state index contributed by atoms with van der Waals surface area (Å²) in [6.07, 6.45) is 0. The van der Waals surface area contributed by atoms with Crippen LogP contribution in [0.2, 0.25) is 0 Å². The minimum Gasteiger partial charge on any atom is -0.455 e. The number of aromatic nitrogens is 5. The fourth-order valence-electron chi connectivity index (χ4n) is 8.27. The standard InChI is InChI=1S/C55H33N5OS/c1-4-13-34(14-5-1)35-23-29-40(30-24-35)52-56-48(51-49(57-52)45-19-10-11-22-47(45)62-51)37-27-25-36(26-28-37)42-20-12-21-44-43-32-31-41(33-46(43)61-50(42)44)55-59-53(38-15-6-2-7-16-38)58-54(60-55)39-17-8-3-9-18-39/h1-33H. The van der Waals surface area contributed by atoms with Crippen molar-refractivity contribution >= 4 is 53.6 Å². The molecule has 0 saturated carbocycles. The molecule has 0 amide bonds. The first-order chi connectivity index (χ1) is 30.7. The Labute approximate surface area is 360 Å². The Morgan fingerprint density at radius 3 is 1.53 bits per heavy atom. The van der Waals surface area contributed by atoms with Gasteiger partial charge in [-0.25, -0.2) is 24.9 Å². The Balaban J connectivity index is 0.927. The fraction of sp³-hybridized carbons (Fsp3) is 0. The molecule has 0 bridgehead atoms. The molecule has 4 aromatic heterocycles. The summed E-state index contributed by atoms with van der Waals surface area (Å²) in [6, 6.07) is 68.7. The van der Waals surface area contributed by atoms with Crippen LogP contribution in [0, 0.1) is 0 Å². The molecule has 8 aromatic carbocycles. The van der Waals surface area contributed by atoms with Gasteiger partial charge in [0.05, 0.1) is 15.9 Å². The Bertz CT molecular complexity index is 3550. The van der Waals surface area contributed by atoms with Crippen molar-refractivity contribution in [3.63, 3.8) is 0 Å². The number of para-hydroxylation sites is 1. The van der Waals surface area contributed by atoms with Crippen LogP contribution in [0.4, 0.5) is 0 Å². The average molecular weight is 812 g/mol. The van der Waals surface area contributed by atoms with Gasteiger partial charge in [-0.15, -0.1) is 11.3 Å². The van der Waals surface area contributed by atoms with E-state index in [4.69, 9.17) is 29.3 Å². The third kappa shape index (κ3) is 6.31. The summed E-state index contributed by atoms with van der Waals surface area (Å²) in [5.74, 6) is 2.53. The van der Waals surface area contributed by atoms with E-state index in [-0.39, 0.29) is 0 Å².